The SMILES string of the molecule is CCc1cc(N2Cc3ccccc3C[C@H]2C)nc(NCCN(C)C)n1. The molecular formula is C20H29N5. The molecule has 0 bridgehead atoms. The molecule has 5 heteroatoms. The van der Waals surface area contributed by atoms with Crippen molar-refractivity contribution in [3.8, 4) is 0 Å². The van der Waals surface area contributed by atoms with E-state index in [1.54, 1.807) is 0 Å². The summed E-state index contributed by atoms with van der Waals surface area (Å²) in [5, 5.41) is 3.37. The minimum atomic E-state index is 0.434. The lowest BCUT2D eigenvalue weighted by Gasteiger charge is -2.36. The summed E-state index contributed by atoms with van der Waals surface area (Å²) in [6.07, 6.45) is 1.97. The van der Waals surface area contributed by atoms with E-state index in [-0.39, 0.29) is 0 Å². The molecule has 1 atom stereocenters. The number of nitrogens with zero attached hydrogens (tertiary/aromatic N) is 4. The van der Waals surface area contributed by atoms with E-state index in [1.807, 2.05) is 0 Å². The maximum absolute atomic E-state index is 4.81. The molecule has 134 valence electrons. The summed E-state index contributed by atoms with van der Waals surface area (Å²) in [6, 6.07) is 11.3. The van der Waals surface area contributed by atoms with Crippen molar-refractivity contribution in [2.45, 2.75) is 39.3 Å². The first-order valence-electron chi connectivity index (χ1n) is 9.16. The summed E-state index contributed by atoms with van der Waals surface area (Å²) in [5.74, 6) is 1.77. The molecule has 2 aromatic rings. The summed E-state index contributed by atoms with van der Waals surface area (Å²) in [7, 11) is 4.15. The molecule has 1 aliphatic heterocycles. The second-order valence-corrected chi connectivity index (χ2v) is 7.07. The van der Waals surface area contributed by atoms with Gasteiger partial charge in [0.15, 0.2) is 0 Å². The van der Waals surface area contributed by atoms with Crippen molar-refractivity contribution in [1.82, 2.24) is 14.9 Å². The van der Waals surface area contributed by atoms with Crippen LogP contribution in [0.2, 0.25) is 0 Å². The molecule has 0 radical (unpaired) electrons. The molecule has 0 amide bonds. The number of aryl methyl sites for hydroxylation is 1. The Morgan fingerprint density at radius 2 is 1.96 bits per heavy atom. The zero-order valence-electron chi connectivity index (χ0n) is 15.8. The zero-order valence-corrected chi connectivity index (χ0v) is 15.8. The van der Waals surface area contributed by atoms with Gasteiger partial charge in [-0.25, -0.2) is 4.98 Å². The van der Waals surface area contributed by atoms with E-state index in [0.29, 0.717) is 6.04 Å². The first-order valence-corrected chi connectivity index (χ1v) is 9.16. The number of anilines is 2. The van der Waals surface area contributed by atoms with Gasteiger partial charge in [-0.2, -0.15) is 4.98 Å². The molecule has 3 rings (SSSR count). The van der Waals surface area contributed by atoms with Crippen molar-refractivity contribution < 1.29 is 0 Å². The van der Waals surface area contributed by atoms with Gasteiger partial charge in [-0.1, -0.05) is 31.2 Å². The summed E-state index contributed by atoms with van der Waals surface area (Å²) in [4.78, 5) is 14.0. The number of likely N-dealkylation sites (N-methyl/N-ethyl adjacent to an activating group) is 1. The van der Waals surface area contributed by atoms with Gasteiger partial charge in [0.1, 0.15) is 5.82 Å². The van der Waals surface area contributed by atoms with Gasteiger partial charge < -0.3 is 15.1 Å². The van der Waals surface area contributed by atoms with Gasteiger partial charge in [0.05, 0.1) is 0 Å². The molecule has 0 fully saturated rings. The monoisotopic (exact) mass is 339 g/mol. The van der Waals surface area contributed by atoms with Crippen molar-refractivity contribution in [1.29, 1.82) is 0 Å². The van der Waals surface area contributed by atoms with E-state index >= 15 is 0 Å². The van der Waals surface area contributed by atoms with E-state index < -0.39 is 0 Å². The smallest absolute Gasteiger partial charge is 0.224 e. The molecule has 0 aliphatic carbocycles. The molecule has 0 saturated heterocycles. The van der Waals surface area contributed by atoms with Crippen LogP contribution >= 0.6 is 0 Å². The van der Waals surface area contributed by atoms with Crippen LogP contribution in [-0.4, -0.2) is 48.1 Å². The molecule has 0 spiro atoms. The fourth-order valence-corrected chi connectivity index (χ4v) is 3.27. The average molecular weight is 339 g/mol. The molecule has 2 heterocycles. The predicted octanol–water partition coefficient (Wildman–Crippen LogP) is 2.96. The van der Waals surface area contributed by atoms with Crippen molar-refractivity contribution >= 4 is 11.8 Å². The van der Waals surface area contributed by atoms with Crippen molar-refractivity contribution in [2.75, 3.05) is 37.4 Å². The van der Waals surface area contributed by atoms with Gasteiger partial charge in [0.25, 0.3) is 0 Å². The minimum absolute atomic E-state index is 0.434. The quantitative estimate of drug-likeness (QED) is 0.876. The molecule has 0 saturated carbocycles. The highest BCUT2D eigenvalue weighted by Crippen LogP contribution is 2.28. The molecule has 25 heavy (non-hydrogen) atoms. The van der Waals surface area contributed by atoms with Crippen LogP contribution in [0.5, 0.6) is 0 Å². The number of aromatic nitrogens is 2. The fraction of sp³-hybridized carbons (Fsp3) is 0.500. The zero-order chi connectivity index (χ0) is 17.8. The maximum atomic E-state index is 4.81. The number of benzene rings is 1. The highest BCUT2D eigenvalue weighted by atomic mass is 15.3. The average Bonchev–Trinajstić information content (AvgIpc) is 2.60. The second kappa shape index (κ2) is 7.83. The van der Waals surface area contributed by atoms with Gasteiger partial charge in [-0.05, 0) is 45.0 Å². The van der Waals surface area contributed by atoms with E-state index in [2.05, 4.69) is 78.4 Å². The third kappa shape index (κ3) is 4.28. The van der Waals surface area contributed by atoms with Crippen LogP contribution in [0, 0.1) is 0 Å². The Hall–Kier alpha value is -2.14. The van der Waals surface area contributed by atoms with Gasteiger partial charge in [-0.15, -0.1) is 0 Å². The number of hydrogen-bond acceptors (Lipinski definition) is 5. The third-order valence-corrected chi connectivity index (χ3v) is 4.77. The summed E-state index contributed by atoms with van der Waals surface area (Å²) in [5.41, 5.74) is 3.95. The first-order chi connectivity index (χ1) is 12.1. The van der Waals surface area contributed by atoms with Crippen LogP contribution in [0.3, 0.4) is 0 Å². The number of rotatable bonds is 6. The van der Waals surface area contributed by atoms with Crippen LogP contribution in [0.1, 0.15) is 30.7 Å². The Kier molecular flexibility index (Phi) is 5.53. The van der Waals surface area contributed by atoms with E-state index in [1.165, 1.54) is 11.1 Å². The number of fused-ring (bicyclic) bond motifs is 1. The highest BCUT2D eigenvalue weighted by molar-refractivity contribution is 5.49. The van der Waals surface area contributed by atoms with E-state index in [9.17, 15) is 0 Å². The topological polar surface area (TPSA) is 44.3 Å². The molecule has 1 aromatic carbocycles. The van der Waals surface area contributed by atoms with Gasteiger partial charge in [0.2, 0.25) is 5.95 Å². The largest absolute Gasteiger partial charge is 0.353 e. The molecule has 1 N–H and O–H groups in total. The fourth-order valence-electron chi connectivity index (χ4n) is 3.27. The Bertz CT molecular complexity index is 713. The third-order valence-electron chi connectivity index (χ3n) is 4.77. The summed E-state index contributed by atoms with van der Waals surface area (Å²) < 4.78 is 0. The van der Waals surface area contributed by atoms with Gasteiger partial charge in [0, 0.05) is 37.4 Å². The van der Waals surface area contributed by atoms with Crippen LogP contribution in [0.25, 0.3) is 0 Å². The van der Waals surface area contributed by atoms with Crippen LogP contribution in [-0.2, 0) is 19.4 Å². The first kappa shape index (κ1) is 17.7. The second-order valence-electron chi connectivity index (χ2n) is 7.07. The molecule has 0 unspecified atom stereocenters. The van der Waals surface area contributed by atoms with Crippen LogP contribution in [0.4, 0.5) is 11.8 Å². The predicted molar refractivity (Wildman–Crippen MR) is 104 cm³/mol. The highest BCUT2D eigenvalue weighted by Gasteiger charge is 2.24. The van der Waals surface area contributed by atoms with Crippen LogP contribution in [0.15, 0.2) is 30.3 Å². The van der Waals surface area contributed by atoms with Gasteiger partial charge >= 0.3 is 0 Å². The number of nitrogens with one attached hydrogen (secondary N) is 1. The number of hydrogen-bond donors (Lipinski definition) is 1. The molecular weight excluding hydrogens is 310 g/mol. The Balaban J connectivity index is 1.83. The molecule has 5 nitrogen and oxygen atoms in total. The standard InChI is InChI=1S/C20H29N5/c1-5-18-13-19(23-20(22-18)21-10-11-24(3)4)25-14-17-9-7-6-8-16(17)12-15(25)2/h6-9,13,15H,5,10-12,14H2,1-4H3,(H,21,22,23)/t15-/m1/s1. The summed E-state index contributed by atoms with van der Waals surface area (Å²) >= 11 is 0. The van der Waals surface area contributed by atoms with Crippen molar-refractivity contribution in [2.24, 2.45) is 0 Å². The van der Waals surface area contributed by atoms with E-state index in [4.69, 9.17) is 4.98 Å². The van der Waals surface area contributed by atoms with Gasteiger partial charge in [-0.3, -0.25) is 0 Å². The lowest BCUT2D eigenvalue weighted by Crippen LogP contribution is -2.39. The minimum Gasteiger partial charge on any atom is -0.353 e. The Morgan fingerprint density at radius 3 is 2.68 bits per heavy atom. The maximum Gasteiger partial charge on any atom is 0.224 e. The Labute approximate surface area is 151 Å². The Morgan fingerprint density at radius 1 is 1.20 bits per heavy atom. The van der Waals surface area contributed by atoms with E-state index in [0.717, 1.165) is 49.9 Å². The lowest BCUT2D eigenvalue weighted by atomic mass is 9.95. The molecule has 1 aliphatic rings. The summed E-state index contributed by atoms with van der Waals surface area (Å²) in [6.45, 7) is 7.14. The van der Waals surface area contributed by atoms with Crippen molar-refractivity contribution in [3.05, 3.63) is 47.2 Å². The lowest BCUT2D eigenvalue weighted by molar-refractivity contribution is 0.425. The molecule has 1 aromatic heterocycles. The van der Waals surface area contributed by atoms with Crippen LogP contribution < -0.4 is 10.2 Å². The normalized spacial score (nSPS) is 16.8. The van der Waals surface area contributed by atoms with Crippen molar-refractivity contribution in [3.63, 3.8) is 0 Å².